The van der Waals surface area contributed by atoms with Crippen LogP contribution in [-0.4, -0.2) is 15.6 Å². The van der Waals surface area contributed by atoms with Crippen molar-refractivity contribution in [3.63, 3.8) is 0 Å². The highest BCUT2D eigenvalue weighted by Crippen LogP contribution is 2.20. The molecular weight excluding hydrogens is 268 g/mol. The second-order valence-corrected chi connectivity index (χ2v) is 4.40. The summed E-state index contributed by atoms with van der Waals surface area (Å²) in [6, 6.07) is 5.67. The summed E-state index contributed by atoms with van der Waals surface area (Å²) in [5, 5.41) is 11.8. The van der Waals surface area contributed by atoms with E-state index in [9.17, 15) is 0 Å². The predicted molar refractivity (Wildman–Crippen MR) is 67.0 cm³/mol. The number of amidine groups is 1. The third-order valence-corrected chi connectivity index (χ3v) is 2.72. The zero-order chi connectivity index (χ0) is 11.7. The molecule has 0 fully saturated rings. The summed E-state index contributed by atoms with van der Waals surface area (Å²) in [6.07, 6.45) is 3.55. The fourth-order valence-electron chi connectivity index (χ4n) is 1.60. The first-order chi connectivity index (χ1) is 7.59. The zero-order valence-corrected chi connectivity index (χ0v) is 10.3. The van der Waals surface area contributed by atoms with Crippen molar-refractivity contribution in [3.05, 3.63) is 46.2 Å². The Morgan fingerprint density at radius 3 is 2.81 bits per heavy atom. The number of para-hydroxylation sites is 1. The summed E-state index contributed by atoms with van der Waals surface area (Å²) >= 11 is 3.35. The number of aryl methyl sites for hydroxylation is 1. The van der Waals surface area contributed by atoms with Gasteiger partial charge < -0.3 is 5.73 Å². The molecule has 0 unspecified atom stereocenters. The number of halogens is 1. The van der Waals surface area contributed by atoms with Crippen molar-refractivity contribution in [3.8, 4) is 5.69 Å². The third-order valence-electron chi connectivity index (χ3n) is 2.31. The lowest BCUT2D eigenvalue weighted by molar-refractivity contribution is 0.870. The maximum Gasteiger partial charge on any atom is 0.124 e. The summed E-state index contributed by atoms with van der Waals surface area (Å²) in [4.78, 5) is 0. The molecule has 2 aromatic rings. The summed E-state index contributed by atoms with van der Waals surface area (Å²) < 4.78 is 2.61. The maximum atomic E-state index is 7.55. The molecule has 0 saturated heterocycles. The average molecular weight is 279 g/mol. The Bertz CT molecular complexity index is 545. The number of nitrogens with one attached hydrogen (secondary N) is 1. The molecule has 5 heteroatoms. The Labute approximate surface area is 102 Å². The standard InChI is InChI=1S/C11H11BrN4/c1-7-3-2-4-9(11(13)14)10(7)16-6-8(12)5-15-16/h2-6H,1H3,(H3,13,14). The minimum atomic E-state index is 0.0466. The molecule has 0 spiro atoms. The van der Waals surface area contributed by atoms with E-state index in [0.29, 0.717) is 5.56 Å². The molecule has 0 aliphatic carbocycles. The molecule has 1 aromatic carbocycles. The van der Waals surface area contributed by atoms with Crippen LogP contribution in [0.5, 0.6) is 0 Å². The topological polar surface area (TPSA) is 67.7 Å². The first kappa shape index (κ1) is 10.9. The van der Waals surface area contributed by atoms with Gasteiger partial charge in [0.15, 0.2) is 0 Å². The molecule has 0 amide bonds. The molecule has 16 heavy (non-hydrogen) atoms. The SMILES string of the molecule is Cc1cccc(C(=N)N)c1-n1cc(Br)cn1. The molecule has 0 aliphatic rings. The smallest absolute Gasteiger partial charge is 0.124 e. The van der Waals surface area contributed by atoms with Gasteiger partial charge in [-0.1, -0.05) is 12.1 Å². The first-order valence-corrected chi connectivity index (χ1v) is 5.53. The molecule has 82 valence electrons. The Morgan fingerprint density at radius 2 is 2.25 bits per heavy atom. The molecule has 1 aromatic heterocycles. The van der Waals surface area contributed by atoms with Gasteiger partial charge in [0.1, 0.15) is 5.84 Å². The van der Waals surface area contributed by atoms with Gasteiger partial charge in [0.25, 0.3) is 0 Å². The van der Waals surface area contributed by atoms with E-state index in [4.69, 9.17) is 11.1 Å². The van der Waals surface area contributed by atoms with E-state index in [1.54, 1.807) is 10.9 Å². The van der Waals surface area contributed by atoms with Gasteiger partial charge in [-0.25, -0.2) is 4.68 Å². The average Bonchev–Trinajstić information content (AvgIpc) is 2.64. The van der Waals surface area contributed by atoms with E-state index in [2.05, 4.69) is 21.0 Å². The van der Waals surface area contributed by atoms with E-state index in [0.717, 1.165) is 15.7 Å². The van der Waals surface area contributed by atoms with Gasteiger partial charge in [-0.3, -0.25) is 5.41 Å². The van der Waals surface area contributed by atoms with Crippen LogP contribution in [0.3, 0.4) is 0 Å². The van der Waals surface area contributed by atoms with Crippen molar-refractivity contribution >= 4 is 21.8 Å². The number of nitrogens with two attached hydrogens (primary N) is 1. The monoisotopic (exact) mass is 278 g/mol. The summed E-state index contributed by atoms with van der Waals surface area (Å²) in [6.45, 7) is 1.97. The fraction of sp³-hybridized carbons (Fsp3) is 0.0909. The quantitative estimate of drug-likeness (QED) is 0.653. The number of benzene rings is 1. The molecule has 0 radical (unpaired) electrons. The molecule has 0 aliphatic heterocycles. The van der Waals surface area contributed by atoms with E-state index in [1.807, 2.05) is 31.3 Å². The van der Waals surface area contributed by atoms with Crippen molar-refractivity contribution in [1.82, 2.24) is 9.78 Å². The van der Waals surface area contributed by atoms with Crippen LogP contribution in [0.25, 0.3) is 5.69 Å². The van der Waals surface area contributed by atoms with Gasteiger partial charge in [-0.15, -0.1) is 0 Å². The minimum Gasteiger partial charge on any atom is -0.384 e. The lowest BCUT2D eigenvalue weighted by Crippen LogP contribution is -2.15. The summed E-state index contributed by atoms with van der Waals surface area (Å²) in [7, 11) is 0. The van der Waals surface area contributed by atoms with Gasteiger partial charge in [0, 0.05) is 11.8 Å². The molecule has 0 saturated carbocycles. The van der Waals surface area contributed by atoms with Gasteiger partial charge in [0.05, 0.1) is 16.4 Å². The van der Waals surface area contributed by atoms with E-state index in [-0.39, 0.29) is 5.84 Å². The Kier molecular flexibility index (Phi) is 2.78. The Morgan fingerprint density at radius 1 is 1.50 bits per heavy atom. The normalized spacial score (nSPS) is 10.4. The zero-order valence-electron chi connectivity index (χ0n) is 8.74. The van der Waals surface area contributed by atoms with Gasteiger partial charge in [0.2, 0.25) is 0 Å². The molecular formula is C11H11BrN4. The predicted octanol–water partition coefficient (Wildman–Crippen LogP) is 2.23. The highest BCUT2D eigenvalue weighted by Gasteiger charge is 2.10. The molecule has 1 heterocycles. The first-order valence-electron chi connectivity index (χ1n) is 4.74. The van der Waals surface area contributed by atoms with Crippen molar-refractivity contribution in [1.29, 1.82) is 5.41 Å². The lowest BCUT2D eigenvalue weighted by atomic mass is 10.1. The number of nitrogens with zero attached hydrogens (tertiary/aromatic N) is 2. The van der Waals surface area contributed by atoms with Gasteiger partial charge in [-0.05, 0) is 34.5 Å². The Hall–Kier alpha value is -1.62. The Balaban J connectivity index is 2.67. The number of rotatable bonds is 2. The second kappa shape index (κ2) is 4.09. The molecule has 0 bridgehead atoms. The number of nitrogen functional groups attached to an aromatic ring is 1. The van der Waals surface area contributed by atoms with Crippen LogP contribution in [0.1, 0.15) is 11.1 Å². The van der Waals surface area contributed by atoms with Crippen LogP contribution < -0.4 is 5.73 Å². The van der Waals surface area contributed by atoms with Crippen molar-refractivity contribution in [2.75, 3.05) is 0 Å². The third kappa shape index (κ3) is 1.86. The second-order valence-electron chi connectivity index (χ2n) is 3.49. The van der Waals surface area contributed by atoms with E-state index in [1.165, 1.54) is 0 Å². The molecule has 0 atom stereocenters. The van der Waals surface area contributed by atoms with Crippen molar-refractivity contribution in [2.24, 2.45) is 5.73 Å². The van der Waals surface area contributed by atoms with Crippen molar-refractivity contribution in [2.45, 2.75) is 6.92 Å². The van der Waals surface area contributed by atoms with Crippen LogP contribution in [-0.2, 0) is 0 Å². The summed E-state index contributed by atoms with van der Waals surface area (Å²) in [5.74, 6) is 0.0466. The minimum absolute atomic E-state index is 0.0466. The maximum absolute atomic E-state index is 7.55. The summed E-state index contributed by atoms with van der Waals surface area (Å²) in [5.41, 5.74) is 8.13. The van der Waals surface area contributed by atoms with Crippen LogP contribution in [0.15, 0.2) is 35.1 Å². The molecule has 2 rings (SSSR count). The molecule has 3 N–H and O–H groups in total. The van der Waals surface area contributed by atoms with Crippen molar-refractivity contribution < 1.29 is 0 Å². The van der Waals surface area contributed by atoms with Crippen LogP contribution in [0.4, 0.5) is 0 Å². The highest BCUT2D eigenvalue weighted by molar-refractivity contribution is 9.10. The van der Waals surface area contributed by atoms with E-state index < -0.39 is 0 Å². The van der Waals surface area contributed by atoms with Crippen LogP contribution in [0, 0.1) is 12.3 Å². The molecule has 4 nitrogen and oxygen atoms in total. The largest absolute Gasteiger partial charge is 0.384 e. The lowest BCUT2D eigenvalue weighted by Gasteiger charge is -2.11. The van der Waals surface area contributed by atoms with Gasteiger partial charge in [-0.2, -0.15) is 5.10 Å². The van der Waals surface area contributed by atoms with Crippen LogP contribution >= 0.6 is 15.9 Å². The van der Waals surface area contributed by atoms with E-state index >= 15 is 0 Å². The number of aromatic nitrogens is 2. The number of hydrogen-bond acceptors (Lipinski definition) is 2. The fourth-order valence-corrected chi connectivity index (χ4v) is 1.89. The number of hydrogen-bond donors (Lipinski definition) is 2. The van der Waals surface area contributed by atoms with Crippen LogP contribution in [0.2, 0.25) is 0 Å². The highest BCUT2D eigenvalue weighted by atomic mass is 79.9. The van der Waals surface area contributed by atoms with Gasteiger partial charge >= 0.3 is 0 Å².